The monoisotopic (exact) mass is 376 g/mol. The molecule has 0 amide bonds. The maximum atomic E-state index is 12.9. The van der Waals surface area contributed by atoms with Crippen molar-refractivity contribution >= 4 is 0 Å². The zero-order valence-corrected chi connectivity index (χ0v) is 15.9. The van der Waals surface area contributed by atoms with Crippen molar-refractivity contribution in [2.24, 2.45) is 0 Å². The van der Waals surface area contributed by atoms with Crippen LogP contribution in [0.15, 0.2) is 48.5 Å². The molecule has 0 saturated heterocycles. The first-order valence-electron chi connectivity index (χ1n) is 9.65. The van der Waals surface area contributed by atoms with Crippen molar-refractivity contribution in [1.82, 2.24) is 10.2 Å². The lowest BCUT2D eigenvalue weighted by Crippen LogP contribution is -2.33. The fraction of sp³-hybridized carbons (Fsp3) is 0.455. The lowest BCUT2D eigenvalue weighted by atomic mass is 10.0. The smallest absolute Gasteiger partial charge is 0.312 e. The molecule has 0 spiro atoms. The third kappa shape index (κ3) is 5.11. The lowest BCUT2D eigenvalue weighted by molar-refractivity contribution is -0.137. The Kier molecular flexibility index (Phi) is 6.22. The summed E-state index contributed by atoms with van der Waals surface area (Å²) in [5, 5.41) is 3.61. The highest BCUT2D eigenvalue weighted by Crippen LogP contribution is 2.41. The molecule has 2 atom stereocenters. The molecule has 1 saturated carbocycles. The number of nitrogens with one attached hydrogen (secondary N) is 1. The molecule has 3 rings (SSSR count). The largest absolute Gasteiger partial charge is 0.416 e. The summed E-state index contributed by atoms with van der Waals surface area (Å²) < 4.78 is 38.7. The summed E-state index contributed by atoms with van der Waals surface area (Å²) in [4.78, 5) is 2.40. The van der Waals surface area contributed by atoms with Gasteiger partial charge >= 0.3 is 6.18 Å². The Bertz CT molecular complexity index is 736. The van der Waals surface area contributed by atoms with Crippen LogP contribution in [0.5, 0.6) is 0 Å². The maximum Gasteiger partial charge on any atom is 0.416 e. The van der Waals surface area contributed by atoms with Gasteiger partial charge in [-0.25, -0.2) is 0 Å². The molecular formula is C22H27F3N2. The zero-order valence-electron chi connectivity index (χ0n) is 15.9. The first-order valence-corrected chi connectivity index (χ1v) is 9.65. The predicted octanol–water partition coefficient (Wildman–Crippen LogP) is 5.16. The zero-order chi connectivity index (χ0) is 19.4. The van der Waals surface area contributed by atoms with Crippen molar-refractivity contribution in [3.63, 3.8) is 0 Å². The number of halogens is 3. The van der Waals surface area contributed by atoms with Crippen LogP contribution in [0.25, 0.3) is 11.1 Å². The molecule has 1 aliphatic carbocycles. The third-order valence-corrected chi connectivity index (χ3v) is 5.38. The van der Waals surface area contributed by atoms with Gasteiger partial charge in [0.2, 0.25) is 0 Å². The fourth-order valence-corrected chi connectivity index (χ4v) is 3.53. The average molecular weight is 376 g/mol. The highest BCUT2D eigenvalue weighted by molar-refractivity contribution is 5.65. The van der Waals surface area contributed by atoms with Crippen molar-refractivity contribution in [3.05, 3.63) is 59.7 Å². The summed E-state index contributed by atoms with van der Waals surface area (Å²) in [6.07, 6.45) is -3.19. The van der Waals surface area contributed by atoms with Crippen molar-refractivity contribution in [1.29, 1.82) is 0 Å². The Morgan fingerprint density at radius 3 is 2.33 bits per heavy atom. The van der Waals surface area contributed by atoms with E-state index in [1.165, 1.54) is 17.7 Å². The van der Waals surface area contributed by atoms with Crippen LogP contribution in [0.3, 0.4) is 0 Å². The summed E-state index contributed by atoms with van der Waals surface area (Å²) in [6.45, 7) is 8.55. The van der Waals surface area contributed by atoms with Gasteiger partial charge in [0.15, 0.2) is 0 Å². The van der Waals surface area contributed by atoms with E-state index in [1.807, 2.05) is 24.3 Å². The minimum atomic E-state index is -4.31. The number of likely N-dealkylation sites (N-methyl/N-ethyl adjacent to an activating group) is 1. The molecule has 0 aromatic heterocycles. The standard InChI is InChI=1S/C22H27F3N2/c1-3-27(4-2)13-12-26-21-15-20(21)17-10-8-16(9-11-17)18-6-5-7-19(14-18)22(23,24)25/h5-11,14,20-21,26H,3-4,12-13,15H2,1-2H3/t20-,21+/m0/s1. The van der Waals surface area contributed by atoms with Crippen LogP contribution < -0.4 is 5.32 Å². The van der Waals surface area contributed by atoms with Gasteiger partial charge in [0, 0.05) is 25.0 Å². The average Bonchev–Trinajstić information content (AvgIpc) is 3.44. The first kappa shape index (κ1) is 19.9. The molecule has 0 radical (unpaired) electrons. The Balaban J connectivity index is 1.57. The Morgan fingerprint density at radius 1 is 1.00 bits per heavy atom. The summed E-state index contributed by atoms with van der Waals surface area (Å²) in [5.41, 5.74) is 2.06. The molecule has 2 nitrogen and oxygen atoms in total. The van der Waals surface area contributed by atoms with Crippen molar-refractivity contribution < 1.29 is 13.2 Å². The second-order valence-corrected chi connectivity index (χ2v) is 7.13. The van der Waals surface area contributed by atoms with E-state index in [4.69, 9.17) is 0 Å². The molecule has 1 N–H and O–H groups in total. The van der Waals surface area contributed by atoms with Gasteiger partial charge in [0.1, 0.15) is 0 Å². The minimum Gasteiger partial charge on any atom is -0.312 e. The van der Waals surface area contributed by atoms with Crippen LogP contribution in [0.4, 0.5) is 13.2 Å². The summed E-state index contributed by atoms with van der Waals surface area (Å²) in [5.74, 6) is 0.511. The van der Waals surface area contributed by atoms with Gasteiger partial charge in [-0.2, -0.15) is 13.2 Å². The number of benzene rings is 2. The molecule has 1 fully saturated rings. The molecule has 0 heterocycles. The quantitative estimate of drug-likeness (QED) is 0.685. The van der Waals surface area contributed by atoms with Gasteiger partial charge in [0.05, 0.1) is 5.56 Å². The van der Waals surface area contributed by atoms with Gasteiger partial charge in [0.25, 0.3) is 0 Å². The van der Waals surface area contributed by atoms with E-state index in [9.17, 15) is 13.2 Å². The first-order chi connectivity index (χ1) is 12.9. The molecule has 2 aromatic rings. The number of hydrogen-bond donors (Lipinski definition) is 1. The maximum absolute atomic E-state index is 12.9. The van der Waals surface area contributed by atoms with E-state index in [1.54, 1.807) is 6.07 Å². The second-order valence-electron chi connectivity index (χ2n) is 7.13. The molecule has 0 unspecified atom stereocenters. The molecule has 0 aliphatic heterocycles. The summed E-state index contributed by atoms with van der Waals surface area (Å²) in [6, 6.07) is 14.0. The minimum absolute atomic E-state index is 0.511. The summed E-state index contributed by atoms with van der Waals surface area (Å²) in [7, 11) is 0. The van der Waals surface area contributed by atoms with Crippen molar-refractivity contribution in [3.8, 4) is 11.1 Å². The number of hydrogen-bond acceptors (Lipinski definition) is 2. The van der Waals surface area contributed by atoms with Crippen molar-refractivity contribution in [2.45, 2.75) is 38.4 Å². The normalized spacial score (nSPS) is 19.5. The van der Waals surface area contributed by atoms with Gasteiger partial charge < -0.3 is 10.2 Å². The fourth-order valence-electron chi connectivity index (χ4n) is 3.53. The highest BCUT2D eigenvalue weighted by Gasteiger charge is 2.37. The van der Waals surface area contributed by atoms with Crippen LogP contribution in [0.1, 0.15) is 37.3 Å². The van der Waals surface area contributed by atoms with Gasteiger partial charge in [-0.3, -0.25) is 0 Å². The molecule has 0 bridgehead atoms. The van der Waals surface area contributed by atoms with E-state index in [0.717, 1.165) is 44.2 Å². The van der Waals surface area contributed by atoms with E-state index in [2.05, 4.69) is 24.1 Å². The lowest BCUT2D eigenvalue weighted by Gasteiger charge is -2.18. The molecule has 27 heavy (non-hydrogen) atoms. The van der Waals surface area contributed by atoms with E-state index in [-0.39, 0.29) is 0 Å². The predicted molar refractivity (Wildman–Crippen MR) is 104 cm³/mol. The van der Waals surface area contributed by atoms with Crippen LogP contribution in [-0.2, 0) is 6.18 Å². The van der Waals surface area contributed by atoms with Crippen LogP contribution in [0, 0.1) is 0 Å². The molecular weight excluding hydrogens is 349 g/mol. The Hall–Kier alpha value is -1.85. The van der Waals surface area contributed by atoms with Gasteiger partial charge in [-0.1, -0.05) is 50.2 Å². The summed E-state index contributed by atoms with van der Waals surface area (Å²) >= 11 is 0. The van der Waals surface area contributed by atoms with E-state index >= 15 is 0 Å². The molecule has 5 heteroatoms. The number of alkyl halides is 3. The van der Waals surface area contributed by atoms with Gasteiger partial charge in [-0.15, -0.1) is 0 Å². The van der Waals surface area contributed by atoms with E-state index < -0.39 is 11.7 Å². The van der Waals surface area contributed by atoms with Crippen LogP contribution >= 0.6 is 0 Å². The number of rotatable bonds is 8. The van der Waals surface area contributed by atoms with Crippen molar-refractivity contribution in [2.75, 3.05) is 26.2 Å². The van der Waals surface area contributed by atoms with Gasteiger partial charge in [-0.05, 0) is 48.3 Å². The van der Waals surface area contributed by atoms with E-state index in [0.29, 0.717) is 17.5 Å². The molecule has 146 valence electrons. The SMILES string of the molecule is CCN(CC)CCN[C@@H]1C[C@H]1c1ccc(-c2cccc(C(F)(F)F)c2)cc1. The highest BCUT2D eigenvalue weighted by atomic mass is 19.4. The molecule has 2 aromatic carbocycles. The number of nitrogens with zero attached hydrogens (tertiary/aromatic N) is 1. The van der Waals surface area contributed by atoms with Crippen LogP contribution in [0.2, 0.25) is 0 Å². The third-order valence-electron chi connectivity index (χ3n) is 5.38. The molecule has 1 aliphatic rings. The Labute approximate surface area is 159 Å². The Morgan fingerprint density at radius 2 is 1.70 bits per heavy atom. The second kappa shape index (κ2) is 8.44. The van der Waals surface area contributed by atoms with Crippen LogP contribution in [-0.4, -0.2) is 37.1 Å². The topological polar surface area (TPSA) is 15.3 Å².